The largest absolute Gasteiger partial charge is 0.497 e. The van der Waals surface area contributed by atoms with Crippen molar-refractivity contribution < 1.29 is 14.3 Å². The maximum absolute atomic E-state index is 12.2. The molecule has 2 rings (SSSR count). The summed E-state index contributed by atoms with van der Waals surface area (Å²) in [6.45, 7) is 3.36. The van der Waals surface area contributed by atoms with Crippen LogP contribution in [-0.2, 0) is 11.3 Å². The third-order valence-electron chi connectivity index (χ3n) is 4.63. The standard InChI is InChI=1S/C20H32N4O3.HI/c1-4-21-20(23-14-19(25)24-16-8-6-5-7-9-16)22-13-15-10-11-17(26-2)12-18(15)27-3;/h10-12,16H,4-9,13-14H2,1-3H3,(H,24,25)(H2,21,22,23);1H. The van der Waals surface area contributed by atoms with Crippen molar-refractivity contribution in [1.82, 2.24) is 16.0 Å². The van der Waals surface area contributed by atoms with Gasteiger partial charge in [-0.3, -0.25) is 4.79 Å². The van der Waals surface area contributed by atoms with Gasteiger partial charge < -0.3 is 25.4 Å². The molecule has 0 radical (unpaired) electrons. The molecule has 7 nitrogen and oxygen atoms in total. The molecule has 0 aromatic heterocycles. The van der Waals surface area contributed by atoms with Crippen LogP contribution in [0.2, 0.25) is 0 Å². The molecule has 0 spiro atoms. The second kappa shape index (κ2) is 13.5. The zero-order chi connectivity index (χ0) is 19.5. The first-order valence-electron chi connectivity index (χ1n) is 9.68. The number of carbonyl (C=O) groups is 1. The number of benzene rings is 1. The van der Waals surface area contributed by atoms with E-state index in [1.165, 1.54) is 19.3 Å². The molecule has 1 aromatic rings. The van der Waals surface area contributed by atoms with E-state index in [4.69, 9.17) is 9.47 Å². The predicted molar refractivity (Wildman–Crippen MR) is 123 cm³/mol. The van der Waals surface area contributed by atoms with Gasteiger partial charge in [-0.1, -0.05) is 19.3 Å². The normalized spacial score (nSPS) is 14.6. The Morgan fingerprint density at radius 2 is 1.89 bits per heavy atom. The Balaban J connectivity index is 0.00000392. The summed E-state index contributed by atoms with van der Waals surface area (Å²) in [5.41, 5.74) is 0.946. The van der Waals surface area contributed by atoms with Crippen LogP contribution in [-0.4, -0.2) is 45.2 Å². The van der Waals surface area contributed by atoms with E-state index in [0.717, 1.165) is 36.4 Å². The molecule has 1 aromatic carbocycles. The Morgan fingerprint density at radius 1 is 1.14 bits per heavy atom. The molecule has 158 valence electrons. The fourth-order valence-electron chi connectivity index (χ4n) is 3.18. The minimum atomic E-state index is 0. The van der Waals surface area contributed by atoms with E-state index in [9.17, 15) is 4.79 Å². The minimum Gasteiger partial charge on any atom is -0.497 e. The summed E-state index contributed by atoms with van der Waals surface area (Å²) in [4.78, 5) is 16.7. The average molecular weight is 504 g/mol. The van der Waals surface area contributed by atoms with Crippen LogP contribution >= 0.6 is 24.0 Å². The van der Waals surface area contributed by atoms with Gasteiger partial charge in [0.1, 0.15) is 11.5 Å². The molecule has 1 saturated carbocycles. The highest BCUT2D eigenvalue weighted by molar-refractivity contribution is 14.0. The number of hydrogen-bond donors (Lipinski definition) is 3. The second-order valence-electron chi connectivity index (χ2n) is 6.63. The smallest absolute Gasteiger partial charge is 0.239 e. The van der Waals surface area contributed by atoms with Gasteiger partial charge in [0.2, 0.25) is 5.91 Å². The molecule has 0 atom stereocenters. The van der Waals surface area contributed by atoms with Crippen molar-refractivity contribution in [3.63, 3.8) is 0 Å². The van der Waals surface area contributed by atoms with E-state index >= 15 is 0 Å². The Morgan fingerprint density at radius 3 is 2.54 bits per heavy atom. The van der Waals surface area contributed by atoms with E-state index in [1.807, 2.05) is 25.1 Å². The molecule has 1 aliphatic rings. The van der Waals surface area contributed by atoms with Crippen molar-refractivity contribution in [2.45, 2.75) is 51.6 Å². The lowest BCUT2D eigenvalue weighted by Crippen LogP contribution is -2.46. The topological polar surface area (TPSA) is 84.0 Å². The highest BCUT2D eigenvalue weighted by atomic mass is 127. The number of hydrogen-bond acceptors (Lipinski definition) is 4. The highest BCUT2D eigenvalue weighted by Gasteiger charge is 2.15. The lowest BCUT2D eigenvalue weighted by atomic mass is 9.95. The number of nitrogens with one attached hydrogen (secondary N) is 3. The zero-order valence-corrected chi connectivity index (χ0v) is 19.4. The number of nitrogens with zero attached hydrogens (tertiary/aromatic N) is 1. The van der Waals surface area contributed by atoms with E-state index < -0.39 is 0 Å². The SMILES string of the molecule is CCNC(=NCc1ccc(OC)cc1OC)NCC(=O)NC1CCCCC1.I. The molecule has 0 heterocycles. The predicted octanol–water partition coefficient (Wildman–Crippen LogP) is 2.83. The van der Waals surface area contributed by atoms with Crippen molar-refractivity contribution >= 4 is 35.8 Å². The lowest BCUT2D eigenvalue weighted by Gasteiger charge is -2.23. The van der Waals surface area contributed by atoms with Gasteiger partial charge in [0, 0.05) is 24.2 Å². The molecule has 1 fully saturated rings. The molecule has 1 amide bonds. The summed E-state index contributed by atoms with van der Waals surface area (Å²) in [5, 5.41) is 9.37. The number of ether oxygens (including phenoxy) is 2. The third-order valence-corrected chi connectivity index (χ3v) is 4.63. The fourth-order valence-corrected chi connectivity index (χ4v) is 3.18. The van der Waals surface area contributed by atoms with Crippen LogP contribution in [0.5, 0.6) is 11.5 Å². The van der Waals surface area contributed by atoms with E-state index in [2.05, 4.69) is 20.9 Å². The molecule has 8 heteroatoms. The van der Waals surface area contributed by atoms with Gasteiger partial charge in [-0.05, 0) is 31.9 Å². The number of carbonyl (C=O) groups excluding carboxylic acids is 1. The zero-order valence-electron chi connectivity index (χ0n) is 17.0. The van der Waals surface area contributed by atoms with Crippen molar-refractivity contribution in [2.75, 3.05) is 27.3 Å². The number of methoxy groups -OCH3 is 2. The summed E-state index contributed by atoms with van der Waals surface area (Å²) in [7, 11) is 3.25. The number of rotatable bonds is 8. The molecule has 28 heavy (non-hydrogen) atoms. The molecule has 0 unspecified atom stereocenters. The van der Waals surface area contributed by atoms with E-state index in [1.54, 1.807) is 14.2 Å². The number of guanidine groups is 1. The summed E-state index contributed by atoms with van der Waals surface area (Å²) in [6, 6.07) is 5.96. The molecular formula is C20H33IN4O3. The van der Waals surface area contributed by atoms with Crippen molar-refractivity contribution in [1.29, 1.82) is 0 Å². The molecule has 0 saturated heterocycles. The van der Waals surface area contributed by atoms with Gasteiger partial charge in [-0.25, -0.2) is 4.99 Å². The van der Waals surface area contributed by atoms with Crippen molar-refractivity contribution in [3.8, 4) is 11.5 Å². The lowest BCUT2D eigenvalue weighted by molar-refractivity contribution is -0.120. The van der Waals surface area contributed by atoms with Gasteiger partial charge in [-0.15, -0.1) is 24.0 Å². The summed E-state index contributed by atoms with van der Waals surface area (Å²) in [5.74, 6) is 2.08. The van der Waals surface area contributed by atoms with Gasteiger partial charge in [0.05, 0.1) is 27.3 Å². The summed E-state index contributed by atoms with van der Waals surface area (Å²) < 4.78 is 10.6. The van der Waals surface area contributed by atoms with Crippen molar-refractivity contribution in [3.05, 3.63) is 23.8 Å². The van der Waals surface area contributed by atoms with Gasteiger partial charge in [-0.2, -0.15) is 0 Å². The second-order valence-corrected chi connectivity index (χ2v) is 6.63. The third kappa shape index (κ3) is 8.12. The Bertz CT molecular complexity index is 634. The monoisotopic (exact) mass is 504 g/mol. The quantitative estimate of drug-likeness (QED) is 0.288. The van der Waals surface area contributed by atoms with Crippen LogP contribution in [0.15, 0.2) is 23.2 Å². The van der Waals surface area contributed by atoms with Gasteiger partial charge in [0.25, 0.3) is 0 Å². The molecule has 1 aliphatic carbocycles. The maximum Gasteiger partial charge on any atom is 0.239 e. The number of aliphatic imine (C=N–C) groups is 1. The van der Waals surface area contributed by atoms with Crippen LogP contribution in [0, 0.1) is 0 Å². The summed E-state index contributed by atoms with van der Waals surface area (Å²) >= 11 is 0. The minimum absolute atomic E-state index is 0. The number of halogens is 1. The van der Waals surface area contributed by atoms with Crippen LogP contribution in [0.4, 0.5) is 0 Å². The van der Waals surface area contributed by atoms with Crippen molar-refractivity contribution in [2.24, 2.45) is 4.99 Å². The average Bonchev–Trinajstić information content (AvgIpc) is 2.70. The number of amides is 1. The molecular weight excluding hydrogens is 471 g/mol. The Labute approximate surface area is 185 Å². The molecule has 0 aliphatic heterocycles. The van der Waals surface area contributed by atoms with Gasteiger partial charge in [0.15, 0.2) is 5.96 Å². The highest BCUT2D eigenvalue weighted by Crippen LogP contribution is 2.25. The van der Waals surface area contributed by atoms with E-state index in [-0.39, 0.29) is 36.4 Å². The van der Waals surface area contributed by atoms with Crippen LogP contribution < -0.4 is 25.4 Å². The maximum atomic E-state index is 12.2. The first-order valence-corrected chi connectivity index (χ1v) is 9.68. The van der Waals surface area contributed by atoms with Gasteiger partial charge >= 0.3 is 0 Å². The van der Waals surface area contributed by atoms with E-state index in [0.29, 0.717) is 18.5 Å². The Hall–Kier alpha value is -1.71. The van der Waals surface area contributed by atoms with Crippen LogP contribution in [0.25, 0.3) is 0 Å². The molecule has 3 N–H and O–H groups in total. The Kier molecular flexibility index (Phi) is 11.7. The fraction of sp³-hybridized carbons (Fsp3) is 0.600. The first kappa shape index (κ1) is 24.3. The first-order chi connectivity index (χ1) is 13.2. The van der Waals surface area contributed by atoms with Crippen LogP contribution in [0.1, 0.15) is 44.6 Å². The molecule has 0 bridgehead atoms. The summed E-state index contributed by atoms with van der Waals surface area (Å²) in [6.07, 6.45) is 5.84. The van der Waals surface area contributed by atoms with Crippen LogP contribution in [0.3, 0.4) is 0 Å².